The number of benzene rings is 4. The Morgan fingerprint density at radius 3 is 0.929 bits per heavy atom. The van der Waals surface area contributed by atoms with Crippen molar-refractivity contribution in [3.63, 3.8) is 0 Å². The van der Waals surface area contributed by atoms with E-state index < -0.39 is 0 Å². The van der Waals surface area contributed by atoms with Crippen molar-refractivity contribution in [1.29, 1.82) is 0 Å². The molecule has 2 heteroatoms. The summed E-state index contributed by atoms with van der Waals surface area (Å²) in [6, 6.07) is 33.2. The third-order valence-electron chi connectivity index (χ3n) is 10.8. The summed E-state index contributed by atoms with van der Waals surface area (Å²) in [4.78, 5) is 0. The summed E-state index contributed by atoms with van der Waals surface area (Å²) < 4.78 is 0. The molecule has 0 N–H and O–H groups in total. The van der Waals surface area contributed by atoms with Crippen molar-refractivity contribution in [3.05, 3.63) is 144 Å². The molecule has 0 unspecified atom stereocenters. The van der Waals surface area contributed by atoms with Gasteiger partial charge in [0.05, 0.1) is 0 Å². The molecule has 0 aromatic heterocycles. The van der Waals surface area contributed by atoms with Crippen LogP contribution in [0.3, 0.4) is 0 Å². The minimum absolute atomic E-state index is 0. The molecule has 2 radical (unpaired) electrons. The second kappa shape index (κ2) is 18.9. The van der Waals surface area contributed by atoms with Gasteiger partial charge in [-0.2, -0.15) is 12.1 Å². The van der Waals surface area contributed by atoms with Gasteiger partial charge < -0.3 is 14.9 Å². The number of fused-ring (bicyclic) bond motifs is 2. The summed E-state index contributed by atoms with van der Waals surface area (Å²) >= 11 is 1.36. The summed E-state index contributed by atoms with van der Waals surface area (Å²) in [5, 5.41) is 5.50. The molecule has 0 aliphatic carbocycles. The van der Waals surface area contributed by atoms with Gasteiger partial charge in [0, 0.05) is 0 Å². The first-order valence-electron chi connectivity index (χ1n) is 20.0. The molecule has 0 amide bonds. The van der Waals surface area contributed by atoms with Crippen LogP contribution in [0.15, 0.2) is 84.9 Å². The van der Waals surface area contributed by atoms with E-state index in [2.05, 4.69) is 203 Å². The van der Waals surface area contributed by atoms with Crippen molar-refractivity contribution in [2.45, 2.75) is 145 Å². The Morgan fingerprint density at radius 2 is 0.696 bits per heavy atom. The van der Waals surface area contributed by atoms with E-state index in [0.29, 0.717) is 0 Å². The van der Waals surface area contributed by atoms with E-state index in [1.165, 1.54) is 112 Å². The van der Waals surface area contributed by atoms with Gasteiger partial charge in [0.15, 0.2) is 0 Å². The van der Waals surface area contributed by atoms with Gasteiger partial charge in [0.2, 0.25) is 0 Å². The van der Waals surface area contributed by atoms with E-state index in [-0.39, 0.29) is 36.5 Å². The Labute approximate surface area is 361 Å². The average molecular weight is 840 g/mol. The Balaban J connectivity index is 0.000000358. The van der Waals surface area contributed by atoms with Crippen molar-refractivity contribution in [2.75, 3.05) is 0 Å². The Morgan fingerprint density at radius 1 is 0.429 bits per heavy atom. The first kappa shape index (κ1) is 49.3. The zero-order valence-electron chi connectivity index (χ0n) is 38.5. The molecule has 6 aromatic carbocycles. The standard InChI is InChI=1S/2C26H33.2CH3.Si.Zr/c2*1-9-18-12-19-10-17(2)11-23(19)24(13-18)20-14-21(25(3,4)5)16-22(15-20)26(6,7)8;;;;/h2*10-16H,9H2,1-8H3;2*1H3;;/q4*-1;;. The van der Waals surface area contributed by atoms with Crippen LogP contribution in [0.25, 0.3) is 43.8 Å². The predicted octanol–water partition coefficient (Wildman–Crippen LogP) is 15.9. The van der Waals surface area contributed by atoms with Crippen LogP contribution in [0.1, 0.15) is 141 Å². The number of aryl methyl sites for hydroxylation is 4. The van der Waals surface area contributed by atoms with Crippen LogP contribution in [0.2, 0.25) is 0 Å². The average Bonchev–Trinajstić information content (AvgIpc) is 3.66. The van der Waals surface area contributed by atoms with Crippen molar-refractivity contribution in [3.8, 4) is 22.3 Å². The molecule has 0 saturated heterocycles. The maximum atomic E-state index is 3.06. The van der Waals surface area contributed by atoms with Crippen molar-refractivity contribution < 1.29 is 23.3 Å². The molecule has 0 heterocycles. The van der Waals surface area contributed by atoms with E-state index in [0.717, 1.165) is 12.8 Å². The summed E-state index contributed by atoms with van der Waals surface area (Å²) in [7, 11) is 0. The van der Waals surface area contributed by atoms with E-state index in [1.54, 1.807) is 0 Å². The van der Waals surface area contributed by atoms with Gasteiger partial charge in [0.25, 0.3) is 0 Å². The first-order valence-corrected chi connectivity index (χ1v) is 24.1. The van der Waals surface area contributed by atoms with Crippen LogP contribution in [0, 0.1) is 28.7 Å². The molecule has 0 atom stereocenters. The molecule has 0 bridgehead atoms. The van der Waals surface area contributed by atoms with E-state index >= 15 is 0 Å². The molecular weight excluding hydrogens is 768 g/mol. The zero-order chi connectivity index (χ0) is 40.6. The van der Waals surface area contributed by atoms with Crippen LogP contribution in [0.5, 0.6) is 0 Å². The first-order chi connectivity index (χ1) is 25.0. The maximum absolute atomic E-state index is 3.06. The third-order valence-corrected chi connectivity index (χ3v) is 10.8. The predicted molar refractivity (Wildman–Crippen MR) is 252 cm³/mol. The summed E-state index contributed by atoms with van der Waals surface area (Å²) in [6.07, 6.45) is 2.14. The zero-order valence-corrected chi connectivity index (χ0v) is 42.0. The molecule has 0 spiro atoms. The molecule has 0 nitrogen and oxygen atoms in total. The molecular formula is C54H72SiZr-4. The SMILES string of the molecule is CCc1cc(-c2cc(C(C)(C)C)cc(C(C)(C)C)c2)c2cc(C)[cH-]c2c1.CCc1cc(-c2cc(C(C)(C)C)cc(C(C)(C)C)c2)c2cc(C)[cH-]c2c1.[CH3-].[CH3-].[Si]=[Zr]. The van der Waals surface area contributed by atoms with Crippen molar-refractivity contribution >= 4 is 28.4 Å². The van der Waals surface area contributed by atoms with E-state index in [1.807, 2.05) is 0 Å². The fourth-order valence-electron chi connectivity index (χ4n) is 7.25. The van der Waals surface area contributed by atoms with Crippen LogP contribution in [0.4, 0.5) is 0 Å². The fraction of sp³-hybridized carbons (Fsp3) is 0.407. The molecule has 6 aromatic rings. The van der Waals surface area contributed by atoms with Gasteiger partial charge in [-0.05, 0) is 67.9 Å². The van der Waals surface area contributed by atoms with Gasteiger partial charge in [-0.25, -0.2) is 0 Å². The molecule has 0 aliphatic heterocycles. The Hall–Kier alpha value is -2.80. The number of hydrogen-bond donors (Lipinski definition) is 0. The van der Waals surface area contributed by atoms with Crippen molar-refractivity contribution in [2.24, 2.45) is 0 Å². The van der Waals surface area contributed by atoms with Gasteiger partial charge in [-0.3, -0.25) is 0 Å². The second-order valence-electron chi connectivity index (χ2n) is 19.7. The Kier molecular flexibility index (Phi) is 16.6. The third kappa shape index (κ3) is 11.7. The van der Waals surface area contributed by atoms with Crippen LogP contribution < -0.4 is 0 Å². The Bertz CT molecular complexity index is 2000. The van der Waals surface area contributed by atoms with Gasteiger partial charge in [0.1, 0.15) is 0 Å². The van der Waals surface area contributed by atoms with Crippen molar-refractivity contribution in [1.82, 2.24) is 0 Å². The molecule has 6 rings (SSSR count). The fourth-order valence-corrected chi connectivity index (χ4v) is 7.25. The summed E-state index contributed by atoms with van der Waals surface area (Å²) in [5.74, 6) is 0. The quantitative estimate of drug-likeness (QED) is 0.123. The van der Waals surface area contributed by atoms with Gasteiger partial charge in [-0.1, -0.05) is 182 Å². The van der Waals surface area contributed by atoms with E-state index in [9.17, 15) is 0 Å². The second-order valence-corrected chi connectivity index (χ2v) is 19.7. The monoisotopic (exact) mass is 838 g/mol. The van der Waals surface area contributed by atoms with E-state index in [4.69, 9.17) is 0 Å². The molecule has 300 valence electrons. The molecule has 0 aliphatic rings. The van der Waals surface area contributed by atoms with Crippen LogP contribution >= 0.6 is 0 Å². The van der Waals surface area contributed by atoms with Gasteiger partial charge in [-0.15, -0.1) is 56.9 Å². The summed E-state index contributed by atoms with van der Waals surface area (Å²) in [5.41, 5.74) is 17.2. The molecule has 56 heavy (non-hydrogen) atoms. The molecule has 0 fully saturated rings. The van der Waals surface area contributed by atoms with Crippen LogP contribution in [-0.2, 0) is 57.8 Å². The topological polar surface area (TPSA) is 0 Å². The van der Waals surface area contributed by atoms with Gasteiger partial charge >= 0.3 is 30.2 Å². The van der Waals surface area contributed by atoms with Crippen LogP contribution in [-0.4, -0.2) is 6.88 Å². The minimum atomic E-state index is 0. The number of hydrogen-bond acceptors (Lipinski definition) is 0. The summed E-state index contributed by atoms with van der Waals surface area (Å²) in [6.45, 7) is 39.6. The molecule has 0 saturated carbocycles. The number of rotatable bonds is 4. The normalized spacial score (nSPS) is 11.9.